The Kier molecular flexibility index (Phi) is 4.38. The Morgan fingerprint density at radius 3 is 3.07 bits per heavy atom. The van der Waals surface area contributed by atoms with Gasteiger partial charge < -0.3 is 15.6 Å². The molecule has 0 unspecified atom stereocenters. The van der Waals surface area contributed by atoms with Crippen molar-refractivity contribution in [3.63, 3.8) is 0 Å². The lowest BCUT2D eigenvalue weighted by Crippen LogP contribution is -2.27. The van der Waals surface area contributed by atoms with Crippen molar-refractivity contribution in [3.05, 3.63) is 24.0 Å². The van der Waals surface area contributed by atoms with Gasteiger partial charge in [-0.25, -0.2) is 0 Å². The second-order valence-corrected chi connectivity index (χ2v) is 3.15. The number of carbonyl (C=O) groups is 1. The van der Waals surface area contributed by atoms with E-state index >= 15 is 0 Å². The van der Waals surface area contributed by atoms with Crippen molar-refractivity contribution >= 4 is 5.91 Å². The summed E-state index contributed by atoms with van der Waals surface area (Å²) in [5, 5.41) is 10.9. The lowest BCUT2D eigenvalue weighted by atomic mass is 10.3. The van der Waals surface area contributed by atoms with Gasteiger partial charge in [-0.05, 0) is 11.6 Å². The number of nitriles is 1. The molecule has 15 heavy (non-hydrogen) atoms. The van der Waals surface area contributed by atoms with Crippen molar-refractivity contribution in [2.75, 3.05) is 6.54 Å². The van der Waals surface area contributed by atoms with Crippen LogP contribution in [0.2, 0.25) is 0 Å². The summed E-state index contributed by atoms with van der Waals surface area (Å²) in [6, 6.07) is 3.84. The van der Waals surface area contributed by atoms with Crippen LogP contribution in [-0.2, 0) is 17.9 Å². The minimum absolute atomic E-state index is 0.0931. The number of hydrogen-bond donors (Lipinski definition) is 2. The van der Waals surface area contributed by atoms with Gasteiger partial charge in [0.1, 0.15) is 6.54 Å². The highest BCUT2D eigenvalue weighted by atomic mass is 16.1. The van der Waals surface area contributed by atoms with Crippen LogP contribution >= 0.6 is 0 Å². The van der Waals surface area contributed by atoms with Crippen LogP contribution in [0.3, 0.4) is 0 Å². The van der Waals surface area contributed by atoms with Gasteiger partial charge in [0.2, 0.25) is 5.91 Å². The van der Waals surface area contributed by atoms with E-state index in [9.17, 15) is 4.79 Å². The highest BCUT2D eigenvalue weighted by molar-refractivity contribution is 5.75. The molecule has 0 aliphatic carbocycles. The summed E-state index contributed by atoms with van der Waals surface area (Å²) in [6.07, 6.45) is 3.99. The van der Waals surface area contributed by atoms with Crippen LogP contribution in [0.25, 0.3) is 0 Å². The maximum Gasteiger partial charge on any atom is 0.239 e. The Morgan fingerprint density at radius 1 is 1.67 bits per heavy atom. The fraction of sp³-hybridized carbons (Fsp3) is 0.400. The lowest BCUT2D eigenvalue weighted by Gasteiger charge is -2.03. The maximum atomic E-state index is 11.3. The maximum absolute atomic E-state index is 11.3. The first kappa shape index (κ1) is 11.3. The first-order chi connectivity index (χ1) is 7.26. The number of nitrogens with zero attached hydrogens (tertiary/aromatic N) is 2. The highest BCUT2D eigenvalue weighted by Gasteiger charge is 2.01. The van der Waals surface area contributed by atoms with E-state index in [1.807, 2.05) is 24.5 Å². The average molecular weight is 206 g/mol. The van der Waals surface area contributed by atoms with Crippen LogP contribution in [0.15, 0.2) is 18.5 Å². The number of amides is 1. The van der Waals surface area contributed by atoms with Crippen molar-refractivity contribution in [1.82, 2.24) is 9.88 Å². The molecule has 0 aliphatic heterocycles. The molecule has 0 atom stereocenters. The lowest BCUT2D eigenvalue weighted by molar-refractivity contribution is -0.121. The Hall–Kier alpha value is -1.80. The van der Waals surface area contributed by atoms with Crippen LogP contribution < -0.4 is 11.1 Å². The average Bonchev–Trinajstić information content (AvgIpc) is 2.66. The molecule has 0 aliphatic rings. The quantitative estimate of drug-likeness (QED) is 0.664. The number of aromatic nitrogens is 1. The third kappa shape index (κ3) is 3.83. The van der Waals surface area contributed by atoms with Crippen molar-refractivity contribution < 1.29 is 4.79 Å². The normalized spacial score (nSPS) is 9.60. The van der Waals surface area contributed by atoms with E-state index < -0.39 is 0 Å². The fourth-order valence-electron chi connectivity index (χ4n) is 1.19. The molecule has 1 rings (SSSR count). The molecule has 1 aromatic rings. The number of nitrogens with two attached hydrogens (primary N) is 1. The summed E-state index contributed by atoms with van der Waals surface area (Å²) >= 11 is 0. The van der Waals surface area contributed by atoms with E-state index in [-0.39, 0.29) is 12.5 Å². The van der Waals surface area contributed by atoms with Crippen LogP contribution in [0.5, 0.6) is 0 Å². The van der Waals surface area contributed by atoms with E-state index in [1.165, 1.54) is 0 Å². The molecule has 1 heterocycles. The molecule has 0 saturated heterocycles. The highest BCUT2D eigenvalue weighted by Crippen LogP contribution is 1.99. The summed E-state index contributed by atoms with van der Waals surface area (Å²) in [4.78, 5) is 11.3. The van der Waals surface area contributed by atoms with E-state index in [0.717, 1.165) is 5.56 Å². The molecule has 5 heteroatoms. The molecule has 0 spiro atoms. The van der Waals surface area contributed by atoms with Gasteiger partial charge in [0.25, 0.3) is 0 Å². The second-order valence-electron chi connectivity index (χ2n) is 3.15. The van der Waals surface area contributed by atoms with E-state index in [2.05, 4.69) is 5.32 Å². The van der Waals surface area contributed by atoms with E-state index in [4.69, 9.17) is 11.0 Å². The van der Waals surface area contributed by atoms with Gasteiger partial charge >= 0.3 is 0 Å². The number of hydrogen-bond acceptors (Lipinski definition) is 3. The Balaban J connectivity index is 2.34. The summed E-state index contributed by atoms with van der Waals surface area (Å²) in [7, 11) is 0. The third-order valence-electron chi connectivity index (χ3n) is 1.93. The zero-order valence-electron chi connectivity index (χ0n) is 8.44. The van der Waals surface area contributed by atoms with Gasteiger partial charge in [0.05, 0.1) is 12.5 Å². The van der Waals surface area contributed by atoms with Crippen molar-refractivity contribution in [3.8, 4) is 6.07 Å². The van der Waals surface area contributed by atoms with Crippen LogP contribution in [-0.4, -0.2) is 17.0 Å². The molecule has 5 nitrogen and oxygen atoms in total. The SMILES string of the molecule is N#CCCNC(=O)Cn1ccc(CN)c1. The first-order valence-corrected chi connectivity index (χ1v) is 4.74. The molecular weight excluding hydrogens is 192 g/mol. The Labute approximate surface area is 88.5 Å². The predicted molar refractivity (Wildman–Crippen MR) is 55.6 cm³/mol. The van der Waals surface area contributed by atoms with Gasteiger partial charge in [0.15, 0.2) is 0 Å². The zero-order chi connectivity index (χ0) is 11.1. The Morgan fingerprint density at radius 2 is 2.47 bits per heavy atom. The summed E-state index contributed by atoms with van der Waals surface area (Å²) in [5.74, 6) is -0.0931. The van der Waals surface area contributed by atoms with E-state index in [0.29, 0.717) is 19.5 Å². The first-order valence-electron chi connectivity index (χ1n) is 4.74. The van der Waals surface area contributed by atoms with Gasteiger partial charge in [-0.2, -0.15) is 5.26 Å². The van der Waals surface area contributed by atoms with Gasteiger partial charge in [-0.1, -0.05) is 0 Å². The van der Waals surface area contributed by atoms with Crippen molar-refractivity contribution in [1.29, 1.82) is 5.26 Å². The molecule has 0 bridgehead atoms. The summed E-state index contributed by atoms with van der Waals surface area (Å²) in [5.41, 5.74) is 6.44. The van der Waals surface area contributed by atoms with E-state index in [1.54, 1.807) is 4.57 Å². The molecule has 1 aromatic heterocycles. The summed E-state index contributed by atoms with van der Waals surface area (Å²) in [6.45, 7) is 1.15. The van der Waals surface area contributed by atoms with Crippen LogP contribution in [0, 0.1) is 11.3 Å². The molecular formula is C10H14N4O. The topological polar surface area (TPSA) is 83.8 Å². The molecule has 3 N–H and O–H groups in total. The zero-order valence-corrected chi connectivity index (χ0v) is 8.44. The predicted octanol–water partition coefficient (Wildman–Crippen LogP) is -0.0233. The van der Waals surface area contributed by atoms with Crippen molar-refractivity contribution in [2.24, 2.45) is 5.73 Å². The van der Waals surface area contributed by atoms with Crippen molar-refractivity contribution in [2.45, 2.75) is 19.5 Å². The largest absolute Gasteiger partial charge is 0.354 e. The van der Waals surface area contributed by atoms with Crippen LogP contribution in [0.1, 0.15) is 12.0 Å². The minimum Gasteiger partial charge on any atom is -0.354 e. The minimum atomic E-state index is -0.0931. The number of rotatable bonds is 5. The molecule has 0 radical (unpaired) electrons. The molecule has 0 aromatic carbocycles. The molecule has 0 saturated carbocycles. The summed E-state index contributed by atoms with van der Waals surface area (Å²) < 4.78 is 1.77. The second kappa shape index (κ2) is 5.83. The van der Waals surface area contributed by atoms with Gasteiger partial charge in [0, 0.05) is 25.5 Å². The van der Waals surface area contributed by atoms with Crippen LogP contribution in [0.4, 0.5) is 0 Å². The molecule has 1 amide bonds. The standard InChI is InChI=1S/C10H14N4O/c11-3-1-4-13-10(15)8-14-5-2-9(6-12)7-14/h2,5,7H,1,4,6,8,12H2,(H,13,15). The molecule has 80 valence electrons. The Bertz CT molecular complexity index is 364. The monoisotopic (exact) mass is 206 g/mol. The number of nitrogens with one attached hydrogen (secondary N) is 1. The smallest absolute Gasteiger partial charge is 0.239 e. The fourth-order valence-corrected chi connectivity index (χ4v) is 1.19. The van der Waals surface area contributed by atoms with Gasteiger partial charge in [-0.3, -0.25) is 4.79 Å². The number of carbonyl (C=O) groups excluding carboxylic acids is 1. The molecule has 0 fully saturated rings. The van der Waals surface area contributed by atoms with Gasteiger partial charge in [-0.15, -0.1) is 0 Å². The third-order valence-corrected chi connectivity index (χ3v) is 1.93.